The number of benzene rings is 2. The van der Waals surface area contributed by atoms with E-state index < -0.39 is 0 Å². The summed E-state index contributed by atoms with van der Waals surface area (Å²) in [6, 6.07) is 15.6. The molecule has 0 fully saturated rings. The van der Waals surface area contributed by atoms with Crippen molar-refractivity contribution in [3.63, 3.8) is 0 Å². The summed E-state index contributed by atoms with van der Waals surface area (Å²) in [5.41, 5.74) is 5.54. The van der Waals surface area contributed by atoms with Gasteiger partial charge in [0, 0.05) is 6.54 Å². The van der Waals surface area contributed by atoms with E-state index in [4.69, 9.17) is 4.74 Å². The van der Waals surface area contributed by atoms with Gasteiger partial charge in [0.15, 0.2) is 0 Å². The van der Waals surface area contributed by atoms with Crippen molar-refractivity contribution in [2.75, 3.05) is 13.2 Å². The highest BCUT2D eigenvalue weighted by Crippen LogP contribution is 2.30. The Morgan fingerprint density at radius 2 is 1.83 bits per heavy atom. The van der Waals surface area contributed by atoms with E-state index in [0.29, 0.717) is 6.04 Å². The highest BCUT2D eigenvalue weighted by atomic mass is 16.5. The molecule has 0 saturated heterocycles. The van der Waals surface area contributed by atoms with Gasteiger partial charge in [-0.25, -0.2) is 0 Å². The van der Waals surface area contributed by atoms with E-state index in [1.54, 1.807) is 0 Å². The Bertz CT molecular complexity index is 604. The molecule has 1 aliphatic heterocycles. The van der Waals surface area contributed by atoms with Gasteiger partial charge >= 0.3 is 0 Å². The van der Waals surface area contributed by atoms with E-state index in [-0.39, 0.29) is 0 Å². The Labute approximate surface area is 140 Å². The number of ether oxygens (including phenoxy) is 1. The van der Waals surface area contributed by atoms with Crippen molar-refractivity contribution >= 4 is 0 Å². The molecule has 3 rings (SSSR count). The first-order chi connectivity index (χ1) is 11.3. The third-order valence-electron chi connectivity index (χ3n) is 4.04. The maximum atomic E-state index is 5.66. The van der Waals surface area contributed by atoms with E-state index in [2.05, 4.69) is 61.6 Å². The molecule has 1 atom stereocenters. The molecular weight excluding hydrogens is 282 g/mol. The number of rotatable bonds is 4. The fourth-order valence-electron chi connectivity index (χ4n) is 2.97. The van der Waals surface area contributed by atoms with Crippen molar-refractivity contribution < 1.29 is 4.74 Å². The Morgan fingerprint density at radius 3 is 2.52 bits per heavy atom. The van der Waals surface area contributed by atoms with E-state index in [9.17, 15) is 0 Å². The first kappa shape index (κ1) is 17.6. The smallest absolute Gasteiger partial charge is 0.119 e. The van der Waals surface area contributed by atoms with Gasteiger partial charge in [-0.05, 0) is 48.6 Å². The summed E-state index contributed by atoms with van der Waals surface area (Å²) in [5, 5.41) is 3.63. The highest BCUT2D eigenvalue weighted by molar-refractivity contribution is 5.42. The van der Waals surface area contributed by atoms with Gasteiger partial charge in [0.05, 0.1) is 12.6 Å². The minimum Gasteiger partial charge on any atom is -0.494 e. The van der Waals surface area contributed by atoms with Crippen molar-refractivity contribution in [2.45, 2.75) is 46.6 Å². The normalized spacial score (nSPS) is 16.1. The van der Waals surface area contributed by atoms with Crippen LogP contribution < -0.4 is 10.1 Å². The molecule has 0 bridgehead atoms. The zero-order chi connectivity index (χ0) is 16.7. The molecule has 0 aromatic heterocycles. The number of nitrogens with one attached hydrogen (secondary N) is 1. The summed E-state index contributed by atoms with van der Waals surface area (Å²) in [7, 11) is 0. The second-order valence-electron chi connectivity index (χ2n) is 5.76. The third kappa shape index (κ3) is 4.35. The maximum absolute atomic E-state index is 5.66. The molecule has 2 aromatic carbocycles. The fraction of sp³-hybridized carbons (Fsp3) is 0.429. The monoisotopic (exact) mass is 311 g/mol. The average Bonchev–Trinajstić information content (AvgIpc) is 2.61. The van der Waals surface area contributed by atoms with Crippen LogP contribution >= 0.6 is 0 Å². The van der Waals surface area contributed by atoms with E-state index in [0.717, 1.165) is 31.7 Å². The minimum atomic E-state index is 0.301. The van der Waals surface area contributed by atoms with Gasteiger partial charge in [0.2, 0.25) is 0 Å². The van der Waals surface area contributed by atoms with Crippen LogP contribution in [0.3, 0.4) is 0 Å². The van der Waals surface area contributed by atoms with Gasteiger partial charge in [-0.15, -0.1) is 0 Å². The Hall–Kier alpha value is -1.80. The summed E-state index contributed by atoms with van der Waals surface area (Å²) >= 11 is 0. The van der Waals surface area contributed by atoms with E-state index >= 15 is 0 Å². The molecule has 2 aromatic rings. The number of hydrogen-bond acceptors (Lipinski definition) is 2. The Kier molecular flexibility index (Phi) is 6.66. The average molecular weight is 311 g/mol. The molecular formula is C21H29NO. The number of fused-ring (bicyclic) bond motifs is 1. The standard InChI is InChI=1S/C19H23NO.C2H6/c1-3-12-21-17-7-5-15(6-8-17)19-18-9-4-14(2)13-16(18)10-11-20-19;1-2/h4-9,13,19-20H,3,10-12H2,1-2H3;1-2H3/t19-;/m0./s1. The molecule has 1 heterocycles. The zero-order valence-corrected chi connectivity index (χ0v) is 14.9. The molecule has 0 amide bonds. The first-order valence-electron chi connectivity index (χ1n) is 8.83. The van der Waals surface area contributed by atoms with Crippen LogP contribution in [0.5, 0.6) is 5.75 Å². The molecule has 0 saturated carbocycles. The fourth-order valence-corrected chi connectivity index (χ4v) is 2.97. The zero-order valence-electron chi connectivity index (χ0n) is 14.9. The third-order valence-corrected chi connectivity index (χ3v) is 4.04. The van der Waals surface area contributed by atoms with Crippen LogP contribution in [0, 0.1) is 6.92 Å². The summed E-state index contributed by atoms with van der Waals surface area (Å²) < 4.78 is 5.66. The Balaban J connectivity index is 0.000000924. The van der Waals surface area contributed by atoms with Crippen molar-refractivity contribution in [1.82, 2.24) is 5.32 Å². The van der Waals surface area contributed by atoms with Crippen LogP contribution in [0.4, 0.5) is 0 Å². The van der Waals surface area contributed by atoms with Crippen LogP contribution in [0.2, 0.25) is 0 Å². The van der Waals surface area contributed by atoms with Crippen LogP contribution in [0.1, 0.15) is 55.5 Å². The molecule has 0 spiro atoms. The Morgan fingerprint density at radius 1 is 1.09 bits per heavy atom. The molecule has 2 heteroatoms. The van der Waals surface area contributed by atoms with Crippen molar-refractivity contribution in [3.8, 4) is 5.75 Å². The van der Waals surface area contributed by atoms with Crippen molar-refractivity contribution in [1.29, 1.82) is 0 Å². The molecule has 0 aliphatic carbocycles. The summed E-state index contributed by atoms with van der Waals surface area (Å²) in [4.78, 5) is 0. The number of aryl methyl sites for hydroxylation is 1. The van der Waals surface area contributed by atoms with Crippen LogP contribution in [-0.4, -0.2) is 13.2 Å². The van der Waals surface area contributed by atoms with E-state index in [1.807, 2.05) is 13.8 Å². The molecule has 0 unspecified atom stereocenters. The van der Waals surface area contributed by atoms with Crippen molar-refractivity contribution in [3.05, 3.63) is 64.7 Å². The lowest BCUT2D eigenvalue weighted by Crippen LogP contribution is -2.30. The molecule has 2 nitrogen and oxygen atoms in total. The minimum absolute atomic E-state index is 0.301. The maximum Gasteiger partial charge on any atom is 0.119 e. The first-order valence-corrected chi connectivity index (χ1v) is 8.83. The SMILES string of the molecule is CC.CCCOc1ccc([C@@H]2NCCc3cc(C)ccc32)cc1. The van der Waals surface area contributed by atoms with Crippen LogP contribution in [0.15, 0.2) is 42.5 Å². The predicted molar refractivity (Wildman–Crippen MR) is 98.3 cm³/mol. The van der Waals surface area contributed by atoms with Gasteiger partial charge in [-0.2, -0.15) is 0 Å². The second kappa shape index (κ2) is 8.73. The van der Waals surface area contributed by atoms with Gasteiger partial charge in [0.25, 0.3) is 0 Å². The van der Waals surface area contributed by atoms with Crippen LogP contribution in [0.25, 0.3) is 0 Å². The van der Waals surface area contributed by atoms with Crippen molar-refractivity contribution in [2.24, 2.45) is 0 Å². The molecule has 124 valence electrons. The lowest BCUT2D eigenvalue weighted by Gasteiger charge is -2.28. The summed E-state index contributed by atoms with van der Waals surface area (Å²) in [5.74, 6) is 0.959. The molecule has 1 N–H and O–H groups in total. The number of hydrogen-bond donors (Lipinski definition) is 1. The molecule has 0 radical (unpaired) electrons. The quantitative estimate of drug-likeness (QED) is 0.853. The van der Waals surface area contributed by atoms with Gasteiger partial charge < -0.3 is 10.1 Å². The molecule has 23 heavy (non-hydrogen) atoms. The lowest BCUT2D eigenvalue weighted by molar-refractivity contribution is 0.317. The van der Waals surface area contributed by atoms with Gasteiger partial charge in [0.1, 0.15) is 5.75 Å². The van der Waals surface area contributed by atoms with E-state index in [1.165, 1.54) is 22.3 Å². The second-order valence-corrected chi connectivity index (χ2v) is 5.76. The summed E-state index contributed by atoms with van der Waals surface area (Å²) in [6.45, 7) is 10.1. The largest absolute Gasteiger partial charge is 0.494 e. The topological polar surface area (TPSA) is 21.3 Å². The summed E-state index contributed by atoms with van der Waals surface area (Å²) in [6.07, 6.45) is 2.16. The van der Waals surface area contributed by atoms with Gasteiger partial charge in [-0.3, -0.25) is 0 Å². The highest BCUT2D eigenvalue weighted by Gasteiger charge is 2.21. The lowest BCUT2D eigenvalue weighted by atomic mass is 9.89. The van der Waals surface area contributed by atoms with Gasteiger partial charge in [-0.1, -0.05) is 56.7 Å². The predicted octanol–water partition coefficient (Wildman–Crippen LogP) is 5.05. The molecule has 1 aliphatic rings. The van der Waals surface area contributed by atoms with Crippen LogP contribution in [-0.2, 0) is 6.42 Å².